The van der Waals surface area contributed by atoms with Crippen LogP contribution < -0.4 is 5.32 Å². The number of pyridine rings is 1. The van der Waals surface area contributed by atoms with Gasteiger partial charge in [0.1, 0.15) is 11.5 Å². The molecule has 1 aliphatic rings. The van der Waals surface area contributed by atoms with Crippen molar-refractivity contribution in [2.45, 2.75) is 58.0 Å². The summed E-state index contributed by atoms with van der Waals surface area (Å²) in [6.07, 6.45) is 7.95. The number of hydrogen-bond donors (Lipinski definition) is 2. The van der Waals surface area contributed by atoms with Crippen molar-refractivity contribution in [2.24, 2.45) is 0 Å². The van der Waals surface area contributed by atoms with Gasteiger partial charge in [-0.05, 0) is 65.9 Å². The number of aromatic nitrogens is 5. The van der Waals surface area contributed by atoms with Crippen LogP contribution in [0.15, 0.2) is 36.8 Å². The van der Waals surface area contributed by atoms with Crippen LogP contribution in [0.1, 0.15) is 68.3 Å². The average Bonchev–Trinajstić information content (AvgIpc) is 3.56. The molecular formula is C25H32N8O. The van der Waals surface area contributed by atoms with Crippen molar-refractivity contribution >= 4 is 23.1 Å². The molecule has 0 unspecified atom stereocenters. The fraction of sp³-hybridized carbons (Fsp3) is 0.440. The Morgan fingerprint density at radius 2 is 1.91 bits per heavy atom. The molecular weight excluding hydrogens is 428 g/mol. The Bertz CT molecular complexity index is 1180. The Labute approximate surface area is 200 Å². The predicted molar refractivity (Wildman–Crippen MR) is 133 cm³/mol. The predicted octanol–water partition coefficient (Wildman–Crippen LogP) is 4.48. The molecule has 1 atom stereocenters. The van der Waals surface area contributed by atoms with Gasteiger partial charge >= 0.3 is 0 Å². The molecule has 0 saturated heterocycles. The van der Waals surface area contributed by atoms with Crippen LogP contribution in [0.5, 0.6) is 0 Å². The maximum Gasteiger partial charge on any atom is 0.227 e. The molecule has 3 aromatic rings. The highest BCUT2D eigenvalue weighted by Gasteiger charge is 2.30. The van der Waals surface area contributed by atoms with E-state index in [0.717, 1.165) is 17.2 Å². The van der Waals surface area contributed by atoms with Crippen molar-refractivity contribution in [1.29, 1.82) is 5.41 Å². The molecule has 1 aliphatic carbocycles. The molecule has 3 aromatic heterocycles. The van der Waals surface area contributed by atoms with Gasteiger partial charge in [0, 0.05) is 30.6 Å². The zero-order valence-corrected chi connectivity index (χ0v) is 20.4. The minimum Gasteiger partial charge on any atom is -0.324 e. The summed E-state index contributed by atoms with van der Waals surface area (Å²) in [6.45, 7) is 6.30. The van der Waals surface area contributed by atoms with Gasteiger partial charge < -0.3 is 20.2 Å². The van der Waals surface area contributed by atoms with Crippen molar-refractivity contribution in [3.05, 3.63) is 48.3 Å². The van der Waals surface area contributed by atoms with Crippen LogP contribution in [0.3, 0.4) is 0 Å². The van der Waals surface area contributed by atoms with E-state index < -0.39 is 0 Å². The van der Waals surface area contributed by atoms with Crippen LogP contribution >= 0.6 is 0 Å². The highest BCUT2D eigenvalue weighted by atomic mass is 16.1. The van der Waals surface area contributed by atoms with Crippen molar-refractivity contribution in [1.82, 2.24) is 29.4 Å². The lowest BCUT2D eigenvalue weighted by Gasteiger charge is -2.19. The number of carbonyl (C=O) groups excluding carboxylic acids is 1. The minimum atomic E-state index is -0.355. The van der Waals surface area contributed by atoms with Gasteiger partial charge in [-0.1, -0.05) is 0 Å². The summed E-state index contributed by atoms with van der Waals surface area (Å²) in [6, 6.07) is 5.65. The SMILES string of the molecule is CC(C)n1c(-c2ccnc(Nc3ccc(C(=O)C(=N)C[C@H](C)N(C)C)nc3)n2)cnc1C1CC1. The van der Waals surface area contributed by atoms with Crippen LogP contribution in [-0.4, -0.2) is 61.0 Å². The van der Waals surface area contributed by atoms with E-state index >= 15 is 0 Å². The van der Waals surface area contributed by atoms with Crippen LogP contribution in [0.2, 0.25) is 0 Å². The van der Waals surface area contributed by atoms with Gasteiger partial charge in [0.05, 0.1) is 35.2 Å². The van der Waals surface area contributed by atoms with Crippen molar-refractivity contribution in [2.75, 3.05) is 19.4 Å². The second kappa shape index (κ2) is 9.80. The molecule has 0 aliphatic heterocycles. The highest BCUT2D eigenvalue weighted by Crippen LogP contribution is 2.41. The second-order valence-electron chi connectivity index (χ2n) is 9.39. The van der Waals surface area contributed by atoms with Gasteiger partial charge in [-0.15, -0.1) is 0 Å². The molecule has 3 heterocycles. The van der Waals surface area contributed by atoms with Crippen LogP contribution in [0.25, 0.3) is 11.4 Å². The molecule has 0 amide bonds. The largest absolute Gasteiger partial charge is 0.324 e. The standard InChI is InChI=1S/C25H32N8O/c1-15(2)33-22(14-29-24(33)17-6-7-17)20-10-11-27-25(31-20)30-18-8-9-21(28-13-18)23(34)19(26)12-16(3)32(4)5/h8-11,13-17,26H,6-7,12H2,1-5H3,(H,27,30,31)/t16-/m0/s1. The van der Waals surface area contributed by atoms with E-state index in [4.69, 9.17) is 10.4 Å². The first-order valence-electron chi connectivity index (χ1n) is 11.7. The molecule has 4 rings (SSSR count). The van der Waals surface area contributed by atoms with Crippen LogP contribution in [0.4, 0.5) is 11.6 Å². The summed E-state index contributed by atoms with van der Waals surface area (Å²) in [5.41, 5.74) is 2.75. The second-order valence-corrected chi connectivity index (χ2v) is 9.39. The third kappa shape index (κ3) is 5.20. The molecule has 0 bridgehead atoms. The molecule has 0 radical (unpaired) electrons. The number of rotatable bonds is 10. The quantitative estimate of drug-likeness (QED) is 0.339. The summed E-state index contributed by atoms with van der Waals surface area (Å²) >= 11 is 0. The Kier molecular flexibility index (Phi) is 6.83. The smallest absolute Gasteiger partial charge is 0.227 e. The van der Waals surface area contributed by atoms with E-state index in [1.165, 1.54) is 12.8 Å². The number of nitrogens with one attached hydrogen (secondary N) is 2. The van der Waals surface area contributed by atoms with Gasteiger partial charge in [-0.3, -0.25) is 9.78 Å². The Hall–Kier alpha value is -3.46. The van der Waals surface area contributed by atoms with E-state index in [9.17, 15) is 4.79 Å². The maximum atomic E-state index is 12.6. The molecule has 34 heavy (non-hydrogen) atoms. The van der Waals surface area contributed by atoms with Gasteiger partial charge in [0.25, 0.3) is 0 Å². The normalized spacial score (nSPS) is 14.4. The number of ketones is 1. The first kappa shape index (κ1) is 23.7. The number of carbonyl (C=O) groups is 1. The summed E-state index contributed by atoms with van der Waals surface area (Å²) in [5, 5.41) is 11.3. The third-order valence-corrected chi connectivity index (χ3v) is 6.11. The lowest BCUT2D eigenvalue weighted by atomic mass is 10.0. The first-order valence-corrected chi connectivity index (χ1v) is 11.7. The van der Waals surface area contributed by atoms with Gasteiger partial charge in [-0.25, -0.2) is 15.0 Å². The van der Waals surface area contributed by atoms with E-state index in [2.05, 4.69) is 38.7 Å². The lowest BCUT2D eigenvalue weighted by Crippen LogP contribution is -2.29. The summed E-state index contributed by atoms with van der Waals surface area (Å²) in [7, 11) is 3.86. The van der Waals surface area contributed by atoms with Crippen molar-refractivity contribution in [3.8, 4) is 11.4 Å². The number of anilines is 2. The molecule has 9 heteroatoms. The number of nitrogens with zero attached hydrogens (tertiary/aromatic N) is 6. The van der Waals surface area contributed by atoms with Gasteiger partial charge in [0.2, 0.25) is 11.7 Å². The Morgan fingerprint density at radius 3 is 2.53 bits per heavy atom. The topological polar surface area (TPSA) is 113 Å². The van der Waals surface area contributed by atoms with Crippen LogP contribution in [-0.2, 0) is 0 Å². The molecule has 9 nitrogen and oxygen atoms in total. The van der Waals surface area contributed by atoms with Gasteiger partial charge in [0.15, 0.2) is 0 Å². The fourth-order valence-corrected chi connectivity index (χ4v) is 3.77. The Balaban J connectivity index is 1.48. The van der Waals surface area contributed by atoms with E-state index in [-0.39, 0.29) is 29.3 Å². The number of hydrogen-bond acceptors (Lipinski definition) is 8. The molecule has 1 fully saturated rings. The fourth-order valence-electron chi connectivity index (χ4n) is 3.77. The lowest BCUT2D eigenvalue weighted by molar-refractivity contribution is 0.105. The molecule has 2 N–H and O–H groups in total. The van der Waals surface area contributed by atoms with Crippen molar-refractivity contribution in [3.63, 3.8) is 0 Å². The number of imidazole rings is 1. The zero-order chi connectivity index (χ0) is 24.4. The highest BCUT2D eigenvalue weighted by molar-refractivity contribution is 6.44. The maximum absolute atomic E-state index is 12.6. The molecule has 0 spiro atoms. The average molecular weight is 461 g/mol. The summed E-state index contributed by atoms with van der Waals surface area (Å²) < 4.78 is 2.26. The van der Waals surface area contributed by atoms with Crippen molar-refractivity contribution < 1.29 is 4.79 Å². The van der Waals surface area contributed by atoms with E-state index in [1.807, 2.05) is 38.2 Å². The van der Waals surface area contributed by atoms with E-state index in [0.29, 0.717) is 24.0 Å². The first-order chi connectivity index (χ1) is 16.2. The number of Topliss-reactive ketones (excluding diaryl/α,β-unsaturated/α-hetero) is 1. The molecule has 178 valence electrons. The van der Waals surface area contributed by atoms with Gasteiger partial charge in [-0.2, -0.15) is 0 Å². The zero-order valence-electron chi connectivity index (χ0n) is 20.4. The monoisotopic (exact) mass is 460 g/mol. The Morgan fingerprint density at radius 1 is 1.15 bits per heavy atom. The summed E-state index contributed by atoms with van der Waals surface area (Å²) in [4.78, 5) is 32.5. The molecule has 0 aromatic carbocycles. The van der Waals surface area contributed by atoms with E-state index in [1.54, 1.807) is 24.5 Å². The summed E-state index contributed by atoms with van der Waals surface area (Å²) in [5.74, 6) is 1.77. The third-order valence-electron chi connectivity index (χ3n) is 6.11. The minimum absolute atomic E-state index is 0.0535. The molecule has 1 saturated carbocycles. The van der Waals surface area contributed by atoms with Crippen LogP contribution in [0, 0.1) is 5.41 Å².